The highest BCUT2D eigenvalue weighted by atomic mass is 35.5. The molecule has 3 nitrogen and oxygen atoms in total. The molecule has 1 aromatic rings. The molecule has 0 saturated carbocycles. The average molecular weight is 201 g/mol. The predicted molar refractivity (Wildman–Crippen MR) is 49.3 cm³/mol. The molecule has 0 aromatic heterocycles. The van der Waals surface area contributed by atoms with Gasteiger partial charge in [-0.2, -0.15) is 0 Å². The molecule has 13 heavy (non-hydrogen) atoms. The zero-order chi connectivity index (χ0) is 9.84. The van der Waals surface area contributed by atoms with Crippen LogP contribution in [0.1, 0.15) is 6.92 Å². The molecule has 1 rings (SSSR count). The molecule has 0 spiro atoms. The van der Waals surface area contributed by atoms with E-state index in [-0.39, 0.29) is 5.75 Å². The number of rotatable bonds is 2. The Balaban J connectivity index is 3.07. The van der Waals surface area contributed by atoms with Gasteiger partial charge in [-0.3, -0.25) is 4.79 Å². The maximum atomic E-state index is 10.7. The lowest BCUT2D eigenvalue weighted by atomic mass is 10.3. The standard InChI is InChI=1S/C9H9ClO3/c1-6(11)13-9-7(10)4-3-5-8(9)12-2/h3-5H,1-2H3. The number of carbonyl (C=O) groups is 1. The zero-order valence-corrected chi connectivity index (χ0v) is 8.09. The van der Waals surface area contributed by atoms with Crippen molar-refractivity contribution in [3.05, 3.63) is 23.2 Å². The van der Waals surface area contributed by atoms with Crippen molar-refractivity contribution in [2.45, 2.75) is 6.92 Å². The summed E-state index contributed by atoms with van der Waals surface area (Å²) in [5.41, 5.74) is 0. The molecule has 0 radical (unpaired) electrons. The fraction of sp³-hybridized carbons (Fsp3) is 0.222. The monoisotopic (exact) mass is 200 g/mol. The molecule has 70 valence electrons. The molecule has 0 aliphatic carbocycles. The topological polar surface area (TPSA) is 35.5 Å². The van der Waals surface area contributed by atoms with Gasteiger partial charge < -0.3 is 9.47 Å². The summed E-state index contributed by atoms with van der Waals surface area (Å²) in [7, 11) is 1.48. The van der Waals surface area contributed by atoms with E-state index in [9.17, 15) is 4.79 Å². The number of hydrogen-bond donors (Lipinski definition) is 0. The van der Waals surface area contributed by atoms with Crippen LogP contribution in [0, 0.1) is 0 Å². The van der Waals surface area contributed by atoms with Crippen LogP contribution in [0.15, 0.2) is 18.2 Å². The first kappa shape index (κ1) is 9.86. The van der Waals surface area contributed by atoms with Crippen LogP contribution < -0.4 is 9.47 Å². The SMILES string of the molecule is COc1cccc(Cl)c1OC(C)=O. The minimum Gasteiger partial charge on any atom is -0.493 e. The van der Waals surface area contributed by atoms with Crippen LogP contribution in [0.25, 0.3) is 0 Å². The summed E-state index contributed by atoms with van der Waals surface area (Å²) in [6, 6.07) is 5.01. The van der Waals surface area contributed by atoms with Crippen molar-refractivity contribution in [3.63, 3.8) is 0 Å². The second-order valence-electron chi connectivity index (χ2n) is 2.36. The maximum absolute atomic E-state index is 10.7. The van der Waals surface area contributed by atoms with Crippen LogP contribution >= 0.6 is 11.6 Å². The van der Waals surface area contributed by atoms with Gasteiger partial charge in [-0.1, -0.05) is 17.7 Å². The summed E-state index contributed by atoms with van der Waals surface area (Å²) in [6.45, 7) is 1.31. The van der Waals surface area contributed by atoms with E-state index >= 15 is 0 Å². The van der Waals surface area contributed by atoms with Gasteiger partial charge in [0.1, 0.15) is 0 Å². The molecule has 0 heterocycles. The summed E-state index contributed by atoms with van der Waals surface area (Å²) < 4.78 is 9.84. The van der Waals surface area contributed by atoms with Crippen molar-refractivity contribution < 1.29 is 14.3 Å². The van der Waals surface area contributed by atoms with Gasteiger partial charge in [0.2, 0.25) is 0 Å². The Morgan fingerprint density at radius 2 is 2.15 bits per heavy atom. The Labute approximate surface area is 81.2 Å². The van der Waals surface area contributed by atoms with Gasteiger partial charge in [0.15, 0.2) is 11.5 Å². The number of halogens is 1. The fourth-order valence-electron chi connectivity index (χ4n) is 0.893. The minimum atomic E-state index is -0.425. The molecule has 1 aromatic carbocycles. The Bertz CT molecular complexity index is 323. The Morgan fingerprint density at radius 3 is 2.69 bits per heavy atom. The van der Waals surface area contributed by atoms with E-state index in [0.29, 0.717) is 10.8 Å². The van der Waals surface area contributed by atoms with Crippen LogP contribution in [-0.4, -0.2) is 13.1 Å². The van der Waals surface area contributed by atoms with Crippen LogP contribution in [0.5, 0.6) is 11.5 Å². The lowest BCUT2D eigenvalue weighted by molar-refractivity contribution is -0.132. The lowest BCUT2D eigenvalue weighted by Gasteiger charge is -2.08. The predicted octanol–water partition coefficient (Wildman–Crippen LogP) is 2.27. The van der Waals surface area contributed by atoms with Gasteiger partial charge in [-0.25, -0.2) is 0 Å². The number of para-hydroxylation sites is 1. The number of carbonyl (C=O) groups excluding carboxylic acids is 1. The van der Waals surface area contributed by atoms with Gasteiger partial charge in [-0.05, 0) is 12.1 Å². The van der Waals surface area contributed by atoms with Crippen molar-refractivity contribution in [2.75, 3.05) is 7.11 Å². The van der Waals surface area contributed by atoms with E-state index in [4.69, 9.17) is 21.1 Å². The summed E-state index contributed by atoms with van der Waals surface area (Å²) in [5.74, 6) is 0.285. The Morgan fingerprint density at radius 1 is 1.46 bits per heavy atom. The van der Waals surface area contributed by atoms with Crippen molar-refractivity contribution in [1.82, 2.24) is 0 Å². The number of benzene rings is 1. The molecule has 0 N–H and O–H groups in total. The van der Waals surface area contributed by atoms with Crippen LogP contribution in [0.4, 0.5) is 0 Å². The molecule has 4 heteroatoms. The summed E-state index contributed by atoms with van der Waals surface area (Å²) in [5, 5.41) is 0.356. The minimum absolute atomic E-state index is 0.263. The second kappa shape index (κ2) is 4.14. The number of methoxy groups -OCH3 is 1. The van der Waals surface area contributed by atoms with Crippen molar-refractivity contribution in [2.24, 2.45) is 0 Å². The third kappa shape index (κ3) is 2.36. The highest BCUT2D eigenvalue weighted by molar-refractivity contribution is 6.32. The van der Waals surface area contributed by atoms with Gasteiger partial charge >= 0.3 is 5.97 Å². The van der Waals surface area contributed by atoms with Gasteiger partial charge in [0.05, 0.1) is 12.1 Å². The lowest BCUT2D eigenvalue weighted by Crippen LogP contribution is -2.03. The third-order valence-electron chi connectivity index (χ3n) is 1.40. The molecule has 0 amide bonds. The first-order valence-electron chi connectivity index (χ1n) is 3.66. The van der Waals surface area contributed by atoms with E-state index in [2.05, 4.69) is 0 Å². The quantitative estimate of drug-likeness (QED) is 0.543. The van der Waals surface area contributed by atoms with Gasteiger partial charge in [0.25, 0.3) is 0 Å². The maximum Gasteiger partial charge on any atom is 0.308 e. The highest BCUT2D eigenvalue weighted by Gasteiger charge is 2.10. The summed E-state index contributed by atoms with van der Waals surface area (Å²) in [6.07, 6.45) is 0. The largest absolute Gasteiger partial charge is 0.493 e. The fourth-order valence-corrected chi connectivity index (χ4v) is 1.10. The number of hydrogen-bond acceptors (Lipinski definition) is 3. The highest BCUT2D eigenvalue weighted by Crippen LogP contribution is 2.34. The number of esters is 1. The normalized spacial score (nSPS) is 9.46. The molecule has 0 saturated heterocycles. The molecule has 0 aliphatic heterocycles. The van der Waals surface area contributed by atoms with Crippen LogP contribution in [0.2, 0.25) is 5.02 Å². The number of ether oxygens (including phenoxy) is 2. The van der Waals surface area contributed by atoms with E-state index in [1.54, 1.807) is 18.2 Å². The van der Waals surface area contributed by atoms with Crippen LogP contribution in [-0.2, 0) is 4.79 Å². The van der Waals surface area contributed by atoms with E-state index in [1.165, 1.54) is 14.0 Å². The van der Waals surface area contributed by atoms with Crippen molar-refractivity contribution in [3.8, 4) is 11.5 Å². The van der Waals surface area contributed by atoms with Crippen molar-refractivity contribution in [1.29, 1.82) is 0 Å². The molecular formula is C9H9ClO3. The molecule has 0 atom stereocenters. The van der Waals surface area contributed by atoms with Gasteiger partial charge in [-0.15, -0.1) is 0 Å². The second-order valence-corrected chi connectivity index (χ2v) is 2.77. The molecule has 0 aliphatic rings. The molecule has 0 bridgehead atoms. The van der Waals surface area contributed by atoms with Crippen LogP contribution in [0.3, 0.4) is 0 Å². The van der Waals surface area contributed by atoms with E-state index in [1.807, 2.05) is 0 Å². The molecule has 0 unspecified atom stereocenters. The van der Waals surface area contributed by atoms with E-state index in [0.717, 1.165) is 0 Å². The van der Waals surface area contributed by atoms with Gasteiger partial charge in [0, 0.05) is 6.92 Å². The first-order valence-corrected chi connectivity index (χ1v) is 4.04. The molecule has 0 fully saturated rings. The first-order chi connectivity index (χ1) is 6.15. The smallest absolute Gasteiger partial charge is 0.308 e. The zero-order valence-electron chi connectivity index (χ0n) is 7.33. The summed E-state index contributed by atoms with van der Waals surface area (Å²) in [4.78, 5) is 10.7. The Hall–Kier alpha value is -1.22. The summed E-state index contributed by atoms with van der Waals surface area (Å²) >= 11 is 5.80. The average Bonchev–Trinajstić information content (AvgIpc) is 2.08. The molecular weight excluding hydrogens is 192 g/mol. The Kier molecular flexibility index (Phi) is 3.14. The third-order valence-corrected chi connectivity index (χ3v) is 1.69. The van der Waals surface area contributed by atoms with E-state index < -0.39 is 5.97 Å². The van der Waals surface area contributed by atoms with Crippen molar-refractivity contribution >= 4 is 17.6 Å².